The molecule has 2 unspecified atom stereocenters. The Morgan fingerprint density at radius 3 is 3.06 bits per heavy atom. The first-order chi connectivity index (χ1) is 8.20. The summed E-state index contributed by atoms with van der Waals surface area (Å²) in [6, 6.07) is -0.203. The fourth-order valence-electron chi connectivity index (χ4n) is 2.29. The van der Waals surface area contributed by atoms with E-state index in [9.17, 15) is 9.59 Å². The topological polar surface area (TPSA) is 70.7 Å². The summed E-state index contributed by atoms with van der Waals surface area (Å²) in [5.74, 6) is -0.0567. The van der Waals surface area contributed by atoms with Crippen molar-refractivity contribution in [3.8, 4) is 0 Å². The lowest BCUT2D eigenvalue weighted by Crippen LogP contribution is -2.46. The third-order valence-corrected chi connectivity index (χ3v) is 3.30. The zero-order valence-corrected chi connectivity index (χ0v) is 10.1. The van der Waals surface area contributed by atoms with Crippen molar-refractivity contribution in [1.29, 1.82) is 0 Å². The monoisotopic (exact) mass is 241 g/mol. The predicted molar refractivity (Wildman–Crippen MR) is 61.4 cm³/mol. The van der Waals surface area contributed by atoms with E-state index in [0.29, 0.717) is 26.1 Å². The van der Waals surface area contributed by atoms with Gasteiger partial charge < -0.3 is 20.3 Å². The van der Waals surface area contributed by atoms with Gasteiger partial charge in [0.05, 0.1) is 18.7 Å². The van der Waals surface area contributed by atoms with Gasteiger partial charge in [-0.1, -0.05) is 0 Å². The van der Waals surface area contributed by atoms with E-state index < -0.39 is 0 Å². The second-order valence-electron chi connectivity index (χ2n) is 4.52. The minimum atomic E-state index is -0.203. The maximum absolute atomic E-state index is 12.2. The van der Waals surface area contributed by atoms with E-state index in [1.165, 1.54) is 0 Å². The maximum atomic E-state index is 12.2. The molecule has 2 aliphatic rings. The highest BCUT2D eigenvalue weighted by molar-refractivity contribution is 5.88. The van der Waals surface area contributed by atoms with E-state index in [-0.39, 0.29) is 30.5 Å². The van der Waals surface area contributed by atoms with Gasteiger partial charge in [-0.2, -0.15) is 0 Å². The van der Waals surface area contributed by atoms with Crippen LogP contribution in [0.5, 0.6) is 0 Å². The minimum Gasteiger partial charge on any atom is -0.380 e. The fraction of sp³-hybridized carbons (Fsp3) is 0.818. The molecule has 0 aromatic carbocycles. The molecule has 6 nitrogen and oxygen atoms in total. The molecule has 2 N–H and O–H groups in total. The molecule has 0 spiro atoms. The number of hydrogen-bond donors (Lipinski definition) is 2. The van der Waals surface area contributed by atoms with Crippen LogP contribution in [-0.4, -0.2) is 62.1 Å². The lowest BCUT2D eigenvalue weighted by Gasteiger charge is -2.22. The van der Waals surface area contributed by atoms with Crippen LogP contribution in [0, 0.1) is 0 Å². The van der Waals surface area contributed by atoms with Gasteiger partial charge in [0.2, 0.25) is 11.8 Å². The lowest BCUT2D eigenvalue weighted by atomic mass is 10.1. The summed E-state index contributed by atoms with van der Waals surface area (Å²) < 4.78 is 5.21. The summed E-state index contributed by atoms with van der Waals surface area (Å²) in [6.45, 7) is 2.18. The molecule has 0 aromatic heterocycles. The molecule has 0 bridgehead atoms. The van der Waals surface area contributed by atoms with Crippen molar-refractivity contribution in [3.63, 3.8) is 0 Å². The Balaban J connectivity index is 1.92. The van der Waals surface area contributed by atoms with Crippen molar-refractivity contribution >= 4 is 11.8 Å². The molecule has 0 radical (unpaired) electrons. The molecule has 2 aliphatic heterocycles. The Bertz CT molecular complexity index is 308. The van der Waals surface area contributed by atoms with E-state index in [2.05, 4.69) is 10.6 Å². The van der Waals surface area contributed by atoms with Crippen LogP contribution in [0.15, 0.2) is 0 Å². The van der Waals surface area contributed by atoms with E-state index in [1.807, 2.05) is 0 Å². The number of carbonyl (C=O) groups excluding carboxylic acids is 2. The highest BCUT2D eigenvalue weighted by atomic mass is 16.5. The zero-order valence-electron chi connectivity index (χ0n) is 10.1. The molecular weight excluding hydrogens is 222 g/mol. The van der Waals surface area contributed by atoms with Crippen LogP contribution < -0.4 is 10.6 Å². The molecular formula is C11H19N3O3. The Kier molecular flexibility index (Phi) is 3.96. The molecule has 0 aromatic rings. The Morgan fingerprint density at radius 1 is 1.53 bits per heavy atom. The third kappa shape index (κ3) is 2.95. The van der Waals surface area contributed by atoms with Crippen molar-refractivity contribution in [2.45, 2.75) is 25.0 Å². The van der Waals surface area contributed by atoms with Crippen LogP contribution in [0.1, 0.15) is 12.8 Å². The standard InChI is InChI=1S/C11H19N3O3/c1-17-8-5-9(13-6-8)11(16)14-4-2-3-12-10(15)7-14/h8-9,13H,2-7H2,1H3,(H,12,15). The van der Waals surface area contributed by atoms with Gasteiger partial charge in [-0.25, -0.2) is 0 Å². The summed E-state index contributed by atoms with van der Waals surface area (Å²) in [7, 11) is 1.65. The summed E-state index contributed by atoms with van der Waals surface area (Å²) in [5.41, 5.74) is 0. The molecule has 96 valence electrons. The van der Waals surface area contributed by atoms with Crippen molar-refractivity contribution in [2.75, 3.05) is 33.3 Å². The summed E-state index contributed by atoms with van der Waals surface area (Å²) >= 11 is 0. The van der Waals surface area contributed by atoms with E-state index in [0.717, 1.165) is 6.42 Å². The first-order valence-electron chi connectivity index (χ1n) is 6.02. The first kappa shape index (κ1) is 12.3. The molecule has 2 fully saturated rings. The van der Waals surface area contributed by atoms with Crippen molar-refractivity contribution in [1.82, 2.24) is 15.5 Å². The first-order valence-corrected chi connectivity index (χ1v) is 6.02. The van der Waals surface area contributed by atoms with Crippen LogP contribution in [0.4, 0.5) is 0 Å². The lowest BCUT2D eigenvalue weighted by molar-refractivity contribution is -0.136. The molecule has 0 aliphatic carbocycles. The number of hydrogen-bond acceptors (Lipinski definition) is 4. The van der Waals surface area contributed by atoms with E-state index in [1.54, 1.807) is 12.0 Å². The van der Waals surface area contributed by atoms with Crippen LogP contribution in [-0.2, 0) is 14.3 Å². The number of amides is 2. The van der Waals surface area contributed by atoms with Gasteiger partial charge in [-0.15, -0.1) is 0 Å². The van der Waals surface area contributed by atoms with Crippen molar-refractivity contribution in [2.24, 2.45) is 0 Å². The van der Waals surface area contributed by atoms with Gasteiger partial charge >= 0.3 is 0 Å². The number of ether oxygens (including phenoxy) is 1. The number of nitrogens with zero attached hydrogens (tertiary/aromatic N) is 1. The number of carbonyl (C=O) groups is 2. The van der Waals surface area contributed by atoms with Gasteiger partial charge in [0.25, 0.3) is 0 Å². The van der Waals surface area contributed by atoms with Crippen LogP contribution >= 0.6 is 0 Å². The Hall–Kier alpha value is -1.14. The third-order valence-electron chi connectivity index (χ3n) is 3.30. The maximum Gasteiger partial charge on any atom is 0.240 e. The Morgan fingerprint density at radius 2 is 2.35 bits per heavy atom. The molecule has 2 heterocycles. The number of methoxy groups -OCH3 is 1. The van der Waals surface area contributed by atoms with Gasteiger partial charge in [0.15, 0.2) is 0 Å². The average molecular weight is 241 g/mol. The molecule has 0 saturated carbocycles. The average Bonchev–Trinajstić information content (AvgIpc) is 2.71. The highest BCUT2D eigenvalue weighted by Crippen LogP contribution is 2.12. The summed E-state index contributed by atoms with van der Waals surface area (Å²) in [6.07, 6.45) is 1.61. The van der Waals surface area contributed by atoms with Gasteiger partial charge in [0.1, 0.15) is 0 Å². The summed E-state index contributed by atoms with van der Waals surface area (Å²) in [4.78, 5) is 25.2. The highest BCUT2D eigenvalue weighted by Gasteiger charge is 2.33. The van der Waals surface area contributed by atoms with E-state index >= 15 is 0 Å². The normalized spacial score (nSPS) is 29.9. The molecule has 2 rings (SSSR count). The van der Waals surface area contributed by atoms with E-state index in [4.69, 9.17) is 4.74 Å². The van der Waals surface area contributed by atoms with Crippen molar-refractivity contribution < 1.29 is 14.3 Å². The summed E-state index contributed by atoms with van der Waals surface area (Å²) in [5, 5.41) is 5.90. The van der Waals surface area contributed by atoms with Gasteiger partial charge in [-0.3, -0.25) is 9.59 Å². The van der Waals surface area contributed by atoms with Crippen LogP contribution in [0.2, 0.25) is 0 Å². The quantitative estimate of drug-likeness (QED) is 0.631. The van der Waals surface area contributed by atoms with Gasteiger partial charge in [0, 0.05) is 26.7 Å². The molecule has 6 heteroatoms. The van der Waals surface area contributed by atoms with Crippen molar-refractivity contribution in [3.05, 3.63) is 0 Å². The number of nitrogens with one attached hydrogen (secondary N) is 2. The second kappa shape index (κ2) is 5.46. The van der Waals surface area contributed by atoms with Gasteiger partial charge in [-0.05, 0) is 12.8 Å². The largest absolute Gasteiger partial charge is 0.380 e. The predicted octanol–water partition coefficient (Wildman–Crippen LogP) is -1.29. The SMILES string of the molecule is COC1CNC(C(=O)N2CCCNC(=O)C2)C1. The molecule has 2 amide bonds. The minimum absolute atomic E-state index is 0.0154. The molecule has 2 atom stereocenters. The van der Waals surface area contributed by atoms with Crippen LogP contribution in [0.25, 0.3) is 0 Å². The zero-order chi connectivity index (χ0) is 12.3. The Labute approximate surface area is 101 Å². The number of rotatable bonds is 2. The smallest absolute Gasteiger partial charge is 0.240 e. The fourth-order valence-corrected chi connectivity index (χ4v) is 2.29. The van der Waals surface area contributed by atoms with Crippen LogP contribution in [0.3, 0.4) is 0 Å². The second-order valence-corrected chi connectivity index (χ2v) is 4.52. The molecule has 2 saturated heterocycles. The molecule has 17 heavy (non-hydrogen) atoms.